The molecular weight excluding hydrogens is 174 g/mol. The Balaban J connectivity index is 3.08. The van der Waals surface area contributed by atoms with Crippen LogP contribution in [0.1, 0.15) is 11.1 Å². The molecule has 0 aliphatic carbocycles. The SMILES string of the molecule is C=CCOc1c(C)cccc1C(=C)N. The zero-order valence-electron chi connectivity index (χ0n) is 8.42. The van der Waals surface area contributed by atoms with Crippen LogP contribution >= 0.6 is 0 Å². The molecule has 0 aliphatic rings. The maximum Gasteiger partial charge on any atom is 0.131 e. The van der Waals surface area contributed by atoms with E-state index in [1.807, 2.05) is 25.1 Å². The molecule has 74 valence electrons. The molecule has 1 rings (SSSR count). The fourth-order valence-electron chi connectivity index (χ4n) is 1.24. The van der Waals surface area contributed by atoms with Crippen LogP contribution in [0.2, 0.25) is 0 Å². The second kappa shape index (κ2) is 4.51. The molecule has 0 aliphatic heterocycles. The highest BCUT2D eigenvalue weighted by Crippen LogP contribution is 2.26. The third-order valence-corrected chi connectivity index (χ3v) is 1.90. The Bertz CT molecular complexity index is 355. The highest BCUT2D eigenvalue weighted by molar-refractivity contribution is 5.67. The standard InChI is InChI=1S/C12H15NO/c1-4-8-14-12-9(2)6-5-7-11(12)10(3)13/h4-7H,1,3,8,13H2,2H3. The minimum atomic E-state index is 0.477. The smallest absolute Gasteiger partial charge is 0.131 e. The average Bonchev–Trinajstić information content (AvgIpc) is 2.15. The highest BCUT2D eigenvalue weighted by Gasteiger charge is 2.06. The van der Waals surface area contributed by atoms with E-state index in [9.17, 15) is 0 Å². The van der Waals surface area contributed by atoms with Crippen LogP contribution in [0.25, 0.3) is 5.70 Å². The van der Waals surface area contributed by atoms with Gasteiger partial charge in [-0.1, -0.05) is 31.4 Å². The fourth-order valence-corrected chi connectivity index (χ4v) is 1.24. The first-order valence-corrected chi connectivity index (χ1v) is 4.45. The van der Waals surface area contributed by atoms with Crippen LogP contribution < -0.4 is 10.5 Å². The van der Waals surface area contributed by atoms with Crippen LogP contribution in [0, 0.1) is 6.92 Å². The quantitative estimate of drug-likeness (QED) is 0.738. The summed E-state index contributed by atoms with van der Waals surface area (Å²) in [6, 6.07) is 5.81. The van der Waals surface area contributed by atoms with Gasteiger partial charge in [0.2, 0.25) is 0 Å². The second-order valence-electron chi connectivity index (χ2n) is 3.08. The monoisotopic (exact) mass is 189 g/mol. The van der Waals surface area contributed by atoms with E-state index in [1.54, 1.807) is 6.08 Å². The van der Waals surface area contributed by atoms with Crippen molar-refractivity contribution in [2.24, 2.45) is 5.73 Å². The third kappa shape index (κ3) is 2.16. The third-order valence-electron chi connectivity index (χ3n) is 1.90. The predicted octanol–water partition coefficient (Wildman–Crippen LogP) is 2.49. The maximum absolute atomic E-state index is 5.65. The van der Waals surface area contributed by atoms with E-state index in [-0.39, 0.29) is 0 Å². The molecule has 14 heavy (non-hydrogen) atoms. The van der Waals surface area contributed by atoms with E-state index < -0.39 is 0 Å². The zero-order valence-corrected chi connectivity index (χ0v) is 8.42. The van der Waals surface area contributed by atoms with Crippen LogP contribution in [0.3, 0.4) is 0 Å². The molecule has 0 radical (unpaired) electrons. The molecule has 0 amide bonds. The zero-order chi connectivity index (χ0) is 10.6. The van der Waals surface area contributed by atoms with E-state index in [2.05, 4.69) is 13.2 Å². The molecule has 0 unspecified atom stereocenters. The van der Waals surface area contributed by atoms with Gasteiger partial charge in [0.25, 0.3) is 0 Å². The van der Waals surface area contributed by atoms with Gasteiger partial charge in [-0.3, -0.25) is 0 Å². The number of para-hydroxylation sites is 1. The number of rotatable bonds is 4. The fraction of sp³-hybridized carbons (Fsp3) is 0.167. The number of aryl methyl sites for hydroxylation is 1. The molecule has 0 fully saturated rings. The Morgan fingerprint density at radius 2 is 2.29 bits per heavy atom. The van der Waals surface area contributed by atoms with Crippen molar-refractivity contribution in [2.75, 3.05) is 6.61 Å². The van der Waals surface area contributed by atoms with Gasteiger partial charge in [0.1, 0.15) is 12.4 Å². The molecule has 0 spiro atoms. The molecule has 0 saturated heterocycles. The lowest BCUT2D eigenvalue weighted by atomic mass is 10.1. The summed E-state index contributed by atoms with van der Waals surface area (Å²) in [7, 11) is 0. The lowest BCUT2D eigenvalue weighted by Gasteiger charge is -2.12. The molecule has 0 aromatic heterocycles. The van der Waals surface area contributed by atoms with Crippen LogP contribution in [0.5, 0.6) is 5.75 Å². The first-order chi connectivity index (χ1) is 6.66. The van der Waals surface area contributed by atoms with Crippen molar-refractivity contribution in [3.05, 3.63) is 48.6 Å². The molecule has 0 bridgehead atoms. The van der Waals surface area contributed by atoms with Crippen LogP contribution in [0.15, 0.2) is 37.4 Å². The van der Waals surface area contributed by atoms with Crippen molar-refractivity contribution in [2.45, 2.75) is 6.92 Å². The summed E-state index contributed by atoms with van der Waals surface area (Å²) >= 11 is 0. The number of hydrogen-bond acceptors (Lipinski definition) is 2. The van der Waals surface area contributed by atoms with Crippen molar-refractivity contribution in [1.82, 2.24) is 0 Å². The maximum atomic E-state index is 5.65. The second-order valence-corrected chi connectivity index (χ2v) is 3.08. The predicted molar refractivity (Wildman–Crippen MR) is 60.1 cm³/mol. The Labute approximate surface area is 84.7 Å². The number of hydrogen-bond donors (Lipinski definition) is 1. The number of nitrogens with two attached hydrogens (primary N) is 1. The normalized spacial score (nSPS) is 9.50. The van der Waals surface area contributed by atoms with E-state index in [0.717, 1.165) is 16.9 Å². The van der Waals surface area contributed by atoms with Crippen molar-refractivity contribution in [3.63, 3.8) is 0 Å². The van der Waals surface area contributed by atoms with Crippen LogP contribution in [-0.2, 0) is 0 Å². The minimum Gasteiger partial charge on any atom is -0.489 e. The summed E-state index contributed by atoms with van der Waals surface area (Å²) in [4.78, 5) is 0. The summed E-state index contributed by atoms with van der Waals surface area (Å²) in [5, 5.41) is 0. The van der Waals surface area contributed by atoms with E-state index in [0.29, 0.717) is 12.3 Å². The van der Waals surface area contributed by atoms with Crippen LogP contribution in [-0.4, -0.2) is 6.61 Å². The highest BCUT2D eigenvalue weighted by atomic mass is 16.5. The summed E-state index contributed by atoms with van der Waals surface area (Å²) in [6.07, 6.45) is 1.70. The van der Waals surface area contributed by atoms with Gasteiger partial charge in [-0.25, -0.2) is 0 Å². The molecular formula is C12H15NO. The topological polar surface area (TPSA) is 35.2 Å². The largest absolute Gasteiger partial charge is 0.489 e. The van der Waals surface area contributed by atoms with Gasteiger partial charge in [-0.2, -0.15) is 0 Å². The molecule has 0 heterocycles. The van der Waals surface area contributed by atoms with Crippen molar-refractivity contribution in [3.8, 4) is 5.75 Å². The van der Waals surface area contributed by atoms with Crippen molar-refractivity contribution >= 4 is 5.70 Å². The van der Waals surface area contributed by atoms with Gasteiger partial charge in [-0.15, -0.1) is 0 Å². The van der Waals surface area contributed by atoms with Crippen molar-refractivity contribution < 1.29 is 4.74 Å². The van der Waals surface area contributed by atoms with Gasteiger partial charge in [0, 0.05) is 11.3 Å². The molecule has 2 N–H and O–H groups in total. The summed E-state index contributed by atoms with van der Waals surface area (Å²) in [5.74, 6) is 0.792. The summed E-state index contributed by atoms with van der Waals surface area (Å²) in [5.41, 5.74) is 8.08. The molecule has 1 aromatic rings. The lowest BCUT2D eigenvalue weighted by molar-refractivity contribution is 0.359. The van der Waals surface area contributed by atoms with Gasteiger partial charge in [-0.05, 0) is 18.6 Å². The Morgan fingerprint density at radius 1 is 1.57 bits per heavy atom. The van der Waals surface area contributed by atoms with Crippen LogP contribution in [0.4, 0.5) is 0 Å². The van der Waals surface area contributed by atoms with Crippen molar-refractivity contribution in [1.29, 1.82) is 0 Å². The first kappa shape index (κ1) is 10.4. The molecule has 0 atom stereocenters. The molecule has 2 heteroatoms. The van der Waals surface area contributed by atoms with E-state index in [1.165, 1.54) is 0 Å². The first-order valence-electron chi connectivity index (χ1n) is 4.45. The van der Waals surface area contributed by atoms with E-state index in [4.69, 9.17) is 10.5 Å². The van der Waals surface area contributed by atoms with Gasteiger partial charge >= 0.3 is 0 Å². The van der Waals surface area contributed by atoms with Gasteiger partial charge in [0.15, 0.2) is 0 Å². The number of ether oxygens (including phenoxy) is 1. The van der Waals surface area contributed by atoms with Gasteiger partial charge < -0.3 is 10.5 Å². The molecule has 0 saturated carbocycles. The summed E-state index contributed by atoms with van der Waals surface area (Å²) in [6.45, 7) is 9.76. The lowest BCUT2D eigenvalue weighted by Crippen LogP contribution is -2.02. The minimum absolute atomic E-state index is 0.477. The molecule has 1 aromatic carbocycles. The Hall–Kier alpha value is -1.70. The number of benzene rings is 1. The Morgan fingerprint density at radius 3 is 2.86 bits per heavy atom. The average molecular weight is 189 g/mol. The van der Waals surface area contributed by atoms with Gasteiger partial charge in [0.05, 0.1) is 0 Å². The summed E-state index contributed by atoms with van der Waals surface area (Å²) < 4.78 is 5.52. The van der Waals surface area contributed by atoms with E-state index >= 15 is 0 Å². The molecule has 2 nitrogen and oxygen atoms in total. The Kier molecular flexibility index (Phi) is 3.35.